The maximum atomic E-state index is 12.7. The molecule has 2 amide bonds. The minimum atomic E-state index is -0.520. The summed E-state index contributed by atoms with van der Waals surface area (Å²) in [5, 5.41) is 9.60. The van der Waals surface area contributed by atoms with E-state index >= 15 is 0 Å². The highest BCUT2D eigenvalue weighted by molar-refractivity contribution is 6.30. The monoisotopic (exact) mass is 488 g/mol. The lowest BCUT2D eigenvalue weighted by molar-refractivity contribution is -0.115. The number of fused-ring (bicyclic) bond motifs is 1. The third kappa shape index (κ3) is 5.99. The predicted octanol–water partition coefficient (Wildman–Crippen LogP) is 4.73. The van der Waals surface area contributed by atoms with Crippen LogP contribution in [0.25, 0.3) is 10.9 Å². The molecule has 0 bridgehead atoms. The molecule has 0 unspecified atom stereocenters. The van der Waals surface area contributed by atoms with Crippen LogP contribution < -0.4 is 16.2 Å². The van der Waals surface area contributed by atoms with Crippen LogP contribution >= 0.6 is 11.6 Å². The molecule has 8 nitrogen and oxygen atoms in total. The first-order valence-electron chi connectivity index (χ1n) is 10.8. The van der Waals surface area contributed by atoms with Crippen molar-refractivity contribution in [2.45, 2.75) is 12.8 Å². The maximum Gasteiger partial charge on any atom is 0.261 e. The lowest BCUT2D eigenvalue weighted by atomic mass is 10.1. The number of hydrogen-bond donors (Lipinski definition) is 3. The molecular formula is C26H21ClN4O4. The Balaban J connectivity index is 1.48. The largest absolute Gasteiger partial charge is 0.352 e. The zero-order valence-corrected chi connectivity index (χ0v) is 19.3. The predicted molar refractivity (Wildman–Crippen MR) is 136 cm³/mol. The van der Waals surface area contributed by atoms with E-state index in [1.165, 1.54) is 18.2 Å². The fraction of sp³-hybridized carbons (Fsp3) is 0.115. The van der Waals surface area contributed by atoms with Gasteiger partial charge in [0.2, 0.25) is 5.91 Å². The van der Waals surface area contributed by atoms with E-state index in [1.54, 1.807) is 42.5 Å². The Bertz CT molecular complexity index is 1450. The number of nitrogens with zero attached hydrogens (tertiary/aromatic N) is 1. The number of nitrogens with one attached hydrogen (secondary N) is 3. The molecule has 4 rings (SSSR count). The van der Waals surface area contributed by atoms with E-state index in [0.717, 1.165) is 5.56 Å². The number of carbonyl (C=O) groups excluding carboxylic acids is 2. The van der Waals surface area contributed by atoms with Crippen molar-refractivity contribution < 1.29 is 9.59 Å². The van der Waals surface area contributed by atoms with Crippen LogP contribution in [-0.4, -0.2) is 23.3 Å². The molecule has 0 radical (unpaired) electrons. The van der Waals surface area contributed by atoms with E-state index in [9.17, 15) is 19.3 Å². The zero-order valence-electron chi connectivity index (χ0n) is 18.5. The number of hydrogen-bond acceptors (Lipinski definition) is 5. The van der Waals surface area contributed by atoms with Crippen molar-refractivity contribution in [3.63, 3.8) is 0 Å². The van der Waals surface area contributed by atoms with Crippen LogP contribution in [-0.2, 0) is 17.6 Å². The molecule has 35 heavy (non-hydrogen) atoms. The number of halogens is 1. The maximum absolute atomic E-state index is 12.7. The second-order valence-corrected chi connectivity index (χ2v) is 8.33. The highest BCUT2D eigenvalue weighted by atomic mass is 35.5. The quantitative estimate of drug-likeness (QED) is 0.310. The van der Waals surface area contributed by atoms with E-state index in [0.29, 0.717) is 40.1 Å². The van der Waals surface area contributed by atoms with Gasteiger partial charge in [-0.25, -0.2) is 0 Å². The number of carbonyl (C=O) groups is 2. The number of aromatic nitrogens is 1. The number of H-pyrrole nitrogens is 1. The van der Waals surface area contributed by atoms with Crippen molar-refractivity contribution in [3.05, 3.63) is 110 Å². The Morgan fingerprint density at radius 3 is 2.37 bits per heavy atom. The van der Waals surface area contributed by atoms with Crippen LogP contribution in [0.5, 0.6) is 0 Å². The molecule has 3 N–H and O–H groups in total. The molecule has 0 aliphatic rings. The van der Waals surface area contributed by atoms with Crippen molar-refractivity contribution in [2.24, 2.45) is 5.18 Å². The van der Waals surface area contributed by atoms with Crippen molar-refractivity contribution in [3.8, 4) is 0 Å². The SMILES string of the molecule is O=Nc1ccc(CC(=O)Nc2cccc3[nH]c(=O)c(C(=O)NCCc4ccc(Cl)cc4)cc23)cc1. The number of benzene rings is 3. The lowest BCUT2D eigenvalue weighted by Crippen LogP contribution is -2.31. The summed E-state index contributed by atoms with van der Waals surface area (Å²) in [6, 6.07) is 20.3. The highest BCUT2D eigenvalue weighted by Crippen LogP contribution is 2.22. The summed E-state index contributed by atoms with van der Waals surface area (Å²) in [4.78, 5) is 51.1. The number of aromatic amines is 1. The number of amides is 2. The van der Waals surface area contributed by atoms with E-state index < -0.39 is 11.5 Å². The Kier molecular flexibility index (Phi) is 7.32. The topological polar surface area (TPSA) is 120 Å². The van der Waals surface area contributed by atoms with Crippen molar-refractivity contribution >= 4 is 45.7 Å². The summed E-state index contributed by atoms with van der Waals surface area (Å²) in [7, 11) is 0. The normalized spacial score (nSPS) is 10.7. The average molecular weight is 489 g/mol. The van der Waals surface area contributed by atoms with Gasteiger partial charge >= 0.3 is 0 Å². The van der Waals surface area contributed by atoms with Crippen LogP contribution in [0, 0.1) is 4.91 Å². The van der Waals surface area contributed by atoms with E-state index in [4.69, 9.17) is 11.6 Å². The number of rotatable bonds is 8. The average Bonchev–Trinajstić information content (AvgIpc) is 2.85. The summed E-state index contributed by atoms with van der Waals surface area (Å²) in [5.74, 6) is -0.795. The minimum absolute atomic E-state index is 0.0488. The Morgan fingerprint density at radius 2 is 1.66 bits per heavy atom. The molecule has 1 heterocycles. The first-order chi connectivity index (χ1) is 16.9. The summed E-state index contributed by atoms with van der Waals surface area (Å²) < 4.78 is 0. The number of nitroso groups, excluding NO2 is 1. The summed E-state index contributed by atoms with van der Waals surface area (Å²) in [6.45, 7) is 0.342. The third-order valence-corrected chi connectivity index (χ3v) is 5.68. The number of pyridine rings is 1. The van der Waals surface area contributed by atoms with Gasteiger partial charge in [0.1, 0.15) is 11.3 Å². The molecule has 3 aromatic carbocycles. The van der Waals surface area contributed by atoms with Crippen LogP contribution in [0.3, 0.4) is 0 Å². The molecule has 0 fully saturated rings. The molecule has 0 saturated carbocycles. The van der Waals surface area contributed by atoms with Gasteiger partial charge in [-0.15, -0.1) is 4.91 Å². The molecule has 0 aliphatic heterocycles. The molecule has 1 aromatic heterocycles. The van der Waals surface area contributed by atoms with Gasteiger partial charge in [0, 0.05) is 17.0 Å². The third-order valence-electron chi connectivity index (χ3n) is 5.43. The van der Waals surface area contributed by atoms with E-state index in [-0.39, 0.29) is 23.6 Å². The first-order valence-corrected chi connectivity index (χ1v) is 11.2. The standard InChI is InChI=1S/C26H21ClN4O4/c27-18-8-4-16(5-9-18)12-13-28-25(33)21-15-20-22(2-1-3-23(20)30-26(21)34)29-24(32)14-17-6-10-19(31-35)11-7-17/h1-11,15H,12-14H2,(H,28,33)(H,29,32)(H,30,34). The summed E-state index contributed by atoms with van der Waals surface area (Å²) in [5.41, 5.74) is 2.39. The van der Waals surface area contributed by atoms with Gasteiger partial charge in [0.15, 0.2) is 0 Å². The molecule has 0 atom stereocenters. The Morgan fingerprint density at radius 1 is 0.943 bits per heavy atom. The highest BCUT2D eigenvalue weighted by Gasteiger charge is 2.14. The van der Waals surface area contributed by atoms with Gasteiger partial charge in [-0.3, -0.25) is 14.4 Å². The van der Waals surface area contributed by atoms with Gasteiger partial charge in [-0.2, -0.15) is 0 Å². The van der Waals surface area contributed by atoms with Crippen LogP contribution in [0.2, 0.25) is 5.02 Å². The van der Waals surface area contributed by atoms with Gasteiger partial charge in [-0.05, 0) is 65.2 Å². The van der Waals surface area contributed by atoms with Crippen molar-refractivity contribution in [2.75, 3.05) is 11.9 Å². The molecule has 9 heteroatoms. The smallest absolute Gasteiger partial charge is 0.261 e. The lowest BCUT2D eigenvalue weighted by Gasteiger charge is -2.11. The van der Waals surface area contributed by atoms with Gasteiger partial charge in [-0.1, -0.05) is 41.9 Å². The van der Waals surface area contributed by atoms with Crippen LogP contribution in [0.1, 0.15) is 21.5 Å². The van der Waals surface area contributed by atoms with E-state index in [2.05, 4.69) is 20.8 Å². The van der Waals surface area contributed by atoms with Gasteiger partial charge in [0.25, 0.3) is 11.5 Å². The van der Waals surface area contributed by atoms with Crippen LogP contribution in [0.15, 0.2) is 82.8 Å². The first kappa shape index (κ1) is 23.8. The fourth-order valence-electron chi connectivity index (χ4n) is 3.63. The van der Waals surface area contributed by atoms with Gasteiger partial charge in [0.05, 0.1) is 17.6 Å². The van der Waals surface area contributed by atoms with Gasteiger partial charge < -0.3 is 15.6 Å². The Hall–Kier alpha value is -4.30. The minimum Gasteiger partial charge on any atom is -0.352 e. The summed E-state index contributed by atoms with van der Waals surface area (Å²) in [6.07, 6.45) is 0.663. The fourth-order valence-corrected chi connectivity index (χ4v) is 3.75. The molecule has 0 spiro atoms. The van der Waals surface area contributed by atoms with Crippen LogP contribution in [0.4, 0.5) is 11.4 Å². The second-order valence-electron chi connectivity index (χ2n) is 7.89. The molecule has 4 aromatic rings. The molecule has 0 aliphatic carbocycles. The van der Waals surface area contributed by atoms with E-state index in [1.807, 2.05) is 12.1 Å². The molecule has 176 valence electrons. The Labute approximate surface area is 205 Å². The van der Waals surface area contributed by atoms with Crippen molar-refractivity contribution in [1.29, 1.82) is 0 Å². The zero-order chi connectivity index (χ0) is 24.8. The second kappa shape index (κ2) is 10.8. The van der Waals surface area contributed by atoms with Crippen molar-refractivity contribution in [1.82, 2.24) is 10.3 Å². The summed E-state index contributed by atoms with van der Waals surface area (Å²) >= 11 is 5.89. The molecule has 0 saturated heterocycles. The molecular weight excluding hydrogens is 468 g/mol. The number of anilines is 1.